The number of para-hydroxylation sites is 2. The van der Waals surface area contributed by atoms with E-state index in [-0.39, 0.29) is 22.2 Å². The number of aromatic hydroxyl groups is 1. The average Bonchev–Trinajstić information content (AvgIpc) is 3.65. The van der Waals surface area contributed by atoms with E-state index in [1.54, 1.807) is 0 Å². The fraction of sp³-hybridized carbons (Fsp3) is 0.222. The molecule has 0 saturated heterocycles. The van der Waals surface area contributed by atoms with E-state index in [4.69, 9.17) is 22.3 Å². The van der Waals surface area contributed by atoms with Crippen molar-refractivity contribution in [2.75, 3.05) is 0 Å². The smallest absolute Gasteiger partial charge is 0.149 e. The Bertz CT molecular complexity index is 3080. The predicted molar refractivity (Wildman–Crippen MR) is 244 cm³/mol. The molecule has 4 heteroatoms. The lowest BCUT2D eigenvalue weighted by Gasteiger charge is -2.24. The van der Waals surface area contributed by atoms with Crippen LogP contribution in [0.4, 0.5) is 0 Å². The fourth-order valence-corrected chi connectivity index (χ4v) is 7.59. The van der Waals surface area contributed by atoms with Crippen molar-refractivity contribution in [2.24, 2.45) is 0 Å². The van der Waals surface area contributed by atoms with Gasteiger partial charge in [-0.1, -0.05) is 159 Å². The van der Waals surface area contributed by atoms with E-state index in [9.17, 15) is 5.11 Å². The maximum absolute atomic E-state index is 12.5. The molecule has 0 unspecified atom stereocenters. The van der Waals surface area contributed by atoms with Gasteiger partial charge in [0.25, 0.3) is 0 Å². The number of aromatic nitrogens is 3. The van der Waals surface area contributed by atoms with Crippen LogP contribution >= 0.6 is 0 Å². The third-order valence-corrected chi connectivity index (χ3v) is 10.8. The average molecular weight is 769 g/mol. The van der Waals surface area contributed by atoms with Crippen LogP contribution in [0.2, 0.25) is 0 Å². The van der Waals surface area contributed by atoms with Crippen molar-refractivity contribution in [1.82, 2.24) is 14.5 Å². The van der Waals surface area contributed by atoms with Gasteiger partial charge in [0.1, 0.15) is 11.6 Å². The van der Waals surface area contributed by atoms with E-state index in [2.05, 4.69) is 84.0 Å². The molecule has 0 fully saturated rings. The molecule has 290 valence electrons. The third-order valence-electron chi connectivity index (χ3n) is 10.8. The van der Waals surface area contributed by atoms with Gasteiger partial charge in [-0.25, -0.2) is 4.98 Å². The van der Waals surface area contributed by atoms with Crippen LogP contribution in [0.1, 0.15) is 91.1 Å². The van der Waals surface area contributed by atoms with Crippen molar-refractivity contribution in [2.45, 2.75) is 78.3 Å². The Hall–Kier alpha value is -6.26. The van der Waals surface area contributed by atoms with Crippen LogP contribution in [0.25, 0.3) is 72.7 Å². The number of hydrogen-bond acceptors (Lipinski definition) is 3. The molecule has 0 amide bonds. The van der Waals surface area contributed by atoms with Crippen molar-refractivity contribution >= 4 is 11.0 Å². The van der Waals surface area contributed by atoms with E-state index < -0.39 is 37.3 Å². The molecule has 0 aliphatic carbocycles. The second-order valence-corrected chi connectivity index (χ2v) is 17.1. The summed E-state index contributed by atoms with van der Waals surface area (Å²) in [5.41, 5.74) is 6.20. The number of phenolic OH excluding ortho intramolecular Hbond substituents is 1. The Morgan fingerprint density at radius 1 is 0.517 bits per heavy atom. The quantitative estimate of drug-likeness (QED) is 0.183. The Morgan fingerprint density at radius 3 is 1.86 bits per heavy atom. The van der Waals surface area contributed by atoms with Gasteiger partial charge in [-0.05, 0) is 104 Å². The highest BCUT2D eigenvalue weighted by atomic mass is 16.3. The highest BCUT2D eigenvalue weighted by Crippen LogP contribution is 2.44. The van der Waals surface area contributed by atoms with Crippen LogP contribution in [0.3, 0.4) is 0 Å². The zero-order chi connectivity index (χ0) is 48.5. The number of rotatable bonds is 6. The van der Waals surface area contributed by atoms with E-state index >= 15 is 0 Å². The summed E-state index contributed by atoms with van der Waals surface area (Å²) < 4.78 is 78.5. The third kappa shape index (κ3) is 7.36. The lowest BCUT2D eigenvalue weighted by atomic mass is 9.83. The minimum Gasteiger partial charge on any atom is -0.507 e. The number of phenols is 1. The molecular weight excluding hydrogens is 707 g/mol. The number of fused-ring (bicyclic) bond motifs is 1. The first-order valence-corrected chi connectivity index (χ1v) is 19.6. The van der Waals surface area contributed by atoms with Crippen molar-refractivity contribution in [3.63, 3.8) is 0 Å². The summed E-state index contributed by atoms with van der Waals surface area (Å²) in [4.78, 5) is 10.2. The Kier molecular flexibility index (Phi) is 7.31. The molecule has 6 aromatic carbocycles. The first-order valence-electron chi connectivity index (χ1n) is 24.1. The van der Waals surface area contributed by atoms with E-state index in [1.807, 2.05) is 95.7 Å². The molecule has 0 spiro atoms. The summed E-state index contributed by atoms with van der Waals surface area (Å²) in [7, 11) is 0. The molecule has 58 heavy (non-hydrogen) atoms. The molecule has 2 aromatic heterocycles. The van der Waals surface area contributed by atoms with E-state index in [0.717, 1.165) is 61.8 Å². The normalized spacial score (nSPS) is 15.2. The second kappa shape index (κ2) is 14.6. The summed E-state index contributed by atoms with van der Waals surface area (Å²) >= 11 is 0. The van der Waals surface area contributed by atoms with Gasteiger partial charge in [0, 0.05) is 35.2 Å². The maximum atomic E-state index is 12.5. The monoisotopic (exact) mass is 768 g/mol. The molecule has 2 heterocycles. The summed E-state index contributed by atoms with van der Waals surface area (Å²) in [5.74, 6) is -0.666. The van der Waals surface area contributed by atoms with Crippen LogP contribution in [-0.4, -0.2) is 19.6 Å². The minimum absolute atomic E-state index is 0.0493. The van der Waals surface area contributed by atoms with Crippen molar-refractivity contribution in [1.29, 1.82) is 0 Å². The van der Waals surface area contributed by atoms with Gasteiger partial charge >= 0.3 is 0 Å². The highest BCUT2D eigenvalue weighted by Gasteiger charge is 2.27. The molecule has 0 aliphatic rings. The van der Waals surface area contributed by atoms with Gasteiger partial charge in [0.2, 0.25) is 0 Å². The van der Waals surface area contributed by atoms with Gasteiger partial charge in [0.15, 0.2) is 0 Å². The lowest BCUT2D eigenvalue weighted by Crippen LogP contribution is -2.12. The molecule has 0 bridgehead atoms. The number of pyridine rings is 1. The molecule has 0 saturated carbocycles. The molecular formula is C54H53N3O. The summed E-state index contributed by atoms with van der Waals surface area (Å²) in [6, 6.07) is 46.4. The maximum Gasteiger partial charge on any atom is 0.149 e. The number of benzene rings is 6. The minimum atomic E-state index is -3.61. The molecule has 4 nitrogen and oxygen atoms in total. The molecule has 0 radical (unpaired) electrons. The van der Waals surface area contributed by atoms with Crippen molar-refractivity contribution < 1.29 is 17.4 Å². The van der Waals surface area contributed by atoms with E-state index in [0.29, 0.717) is 16.7 Å². The topological polar surface area (TPSA) is 50.9 Å². The summed E-state index contributed by atoms with van der Waals surface area (Å²) in [6.45, 7) is 2.01. The van der Waals surface area contributed by atoms with Crippen LogP contribution in [0, 0.1) is 0 Å². The lowest BCUT2D eigenvalue weighted by molar-refractivity contribution is 0.448. The van der Waals surface area contributed by atoms with Crippen LogP contribution in [0.5, 0.6) is 5.75 Å². The molecule has 8 rings (SSSR count). The first kappa shape index (κ1) is 29.0. The van der Waals surface area contributed by atoms with Crippen molar-refractivity contribution in [3.8, 4) is 67.5 Å². The van der Waals surface area contributed by atoms with Crippen LogP contribution in [0.15, 0.2) is 152 Å². The Balaban J connectivity index is 1.48. The largest absolute Gasteiger partial charge is 0.507 e. The summed E-state index contributed by atoms with van der Waals surface area (Å²) in [6.07, 6.45) is 1.81. The van der Waals surface area contributed by atoms with E-state index in [1.165, 1.54) is 12.1 Å². The zero-order valence-corrected chi connectivity index (χ0v) is 33.7. The number of nitrogens with zero attached hydrogens (tertiary/aromatic N) is 3. The first-order chi connectivity index (χ1) is 31.3. The SMILES string of the molecule is [2H]C([2H])([2H])C(c1cccc(-c2nc3c(-c4cc(-c5cc(-c6ccccc6)ccn5)cc(C(C)(C)C)c4)cccc3n2-c2ccc(C(C)(C)C)cc2-c2ccccc2)c1O)(C([2H])([2H])[2H])C([2H])([2H])[2H]. The standard InChI is InChI=1S/C54H53N3O/c1-52(2,3)40-26-27-47(44(34-40)36-20-14-11-15-21-36)57-48-25-17-22-42(49(48)56-51(57)43-23-16-24-45(50(43)58)54(7,8)9)38-30-39(32-41(31-38)53(4,5)6)46-33-37(28-29-55-46)35-18-12-10-13-19-35/h10-34,58H,1-9H3/i7D3,8D3,9D3. The van der Waals surface area contributed by atoms with Crippen molar-refractivity contribution in [3.05, 3.63) is 168 Å². The van der Waals surface area contributed by atoms with Crippen LogP contribution in [-0.2, 0) is 16.2 Å². The molecule has 8 aromatic rings. The zero-order valence-electron chi connectivity index (χ0n) is 42.7. The fourth-order valence-electron chi connectivity index (χ4n) is 7.59. The summed E-state index contributed by atoms with van der Waals surface area (Å²) in [5, 5.41) is 12.5. The van der Waals surface area contributed by atoms with Crippen LogP contribution < -0.4 is 0 Å². The molecule has 0 atom stereocenters. The Labute approximate surface area is 356 Å². The highest BCUT2D eigenvalue weighted by molar-refractivity contribution is 5.98. The molecule has 1 N–H and O–H groups in total. The Morgan fingerprint density at radius 2 is 1.17 bits per heavy atom. The van der Waals surface area contributed by atoms with Gasteiger partial charge < -0.3 is 5.11 Å². The van der Waals surface area contributed by atoms with Gasteiger partial charge in [-0.2, -0.15) is 0 Å². The number of hydrogen-bond donors (Lipinski definition) is 1. The predicted octanol–water partition coefficient (Wildman–Crippen LogP) is 14.4. The molecule has 0 aliphatic heterocycles. The van der Waals surface area contributed by atoms with Gasteiger partial charge in [-0.3, -0.25) is 9.55 Å². The van der Waals surface area contributed by atoms with Gasteiger partial charge in [-0.15, -0.1) is 0 Å². The van der Waals surface area contributed by atoms with Gasteiger partial charge in [0.05, 0.1) is 28.0 Å². The second-order valence-electron chi connectivity index (χ2n) is 17.1. The number of imidazole rings is 1.